The van der Waals surface area contributed by atoms with E-state index in [1.54, 1.807) is 25.2 Å². The Morgan fingerprint density at radius 2 is 1.83 bits per heavy atom. The molecule has 0 spiro atoms. The fourth-order valence-corrected chi connectivity index (χ4v) is 3.65. The van der Waals surface area contributed by atoms with Gasteiger partial charge in [0.2, 0.25) is 0 Å². The molecule has 0 atom stereocenters. The largest absolute Gasteiger partial charge is 0.497 e. The van der Waals surface area contributed by atoms with E-state index in [4.69, 9.17) is 21.7 Å². The van der Waals surface area contributed by atoms with Crippen molar-refractivity contribution in [2.24, 2.45) is 0 Å². The van der Waals surface area contributed by atoms with Gasteiger partial charge in [-0.05, 0) is 36.4 Å². The summed E-state index contributed by atoms with van der Waals surface area (Å²) in [5.41, 5.74) is 1.53. The van der Waals surface area contributed by atoms with Gasteiger partial charge in [-0.1, -0.05) is 42.2 Å². The van der Waals surface area contributed by atoms with Crippen LogP contribution in [0.15, 0.2) is 53.4 Å². The number of thioether (sulfide) groups is 1. The third kappa shape index (κ3) is 3.16. The molecular formula is C18H15NO3S2. The zero-order valence-corrected chi connectivity index (χ0v) is 14.8. The monoisotopic (exact) mass is 357 g/mol. The summed E-state index contributed by atoms with van der Waals surface area (Å²) < 4.78 is 11.1. The highest BCUT2D eigenvalue weighted by atomic mass is 32.2. The molecule has 24 heavy (non-hydrogen) atoms. The molecule has 122 valence electrons. The van der Waals surface area contributed by atoms with Crippen molar-refractivity contribution in [1.29, 1.82) is 0 Å². The first kappa shape index (κ1) is 16.5. The molecule has 1 amide bonds. The first-order valence-electron chi connectivity index (χ1n) is 7.19. The topological polar surface area (TPSA) is 38.8 Å². The number of amides is 1. The van der Waals surface area contributed by atoms with Crippen LogP contribution in [0.4, 0.5) is 5.69 Å². The maximum atomic E-state index is 12.8. The lowest BCUT2D eigenvalue weighted by molar-refractivity contribution is -0.113. The number of carbonyl (C=O) groups is 1. The van der Waals surface area contributed by atoms with E-state index in [0.29, 0.717) is 20.7 Å². The van der Waals surface area contributed by atoms with Crippen LogP contribution in [0.1, 0.15) is 5.56 Å². The number of ether oxygens (including phenoxy) is 2. The number of hydrogen-bond acceptors (Lipinski definition) is 5. The average molecular weight is 357 g/mol. The maximum Gasteiger partial charge on any atom is 0.270 e. The Kier molecular flexibility index (Phi) is 4.87. The molecule has 3 rings (SSSR count). The van der Waals surface area contributed by atoms with Gasteiger partial charge in [0, 0.05) is 5.56 Å². The van der Waals surface area contributed by atoms with Crippen LogP contribution in [0.25, 0.3) is 6.08 Å². The molecular weight excluding hydrogens is 342 g/mol. The van der Waals surface area contributed by atoms with E-state index in [2.05, 4.69) is 0 Å². The molecule has 4 nitrogen and oxygen atoms in total. The molecule has 2 aromatic carbocycles. The van der Waals surface area contributed by atoms with Crippen molar-refractivity contribution in [3.05, 3.63) is 59.0 Å². The van der Waals surface area contributed by atoms with Crippen LogP contribution < -0.4 is 14.4 Å². The Bertz CT molecular complexity index is 818. The molecule has 0 unspecified atom stereocenters. The summed E-state index contributed by atoms with van der Waals surface area (Å²) in [6, 6.07) is 14.8. The fourth-order valence-electron chi connectivity index (χ4n) is 2.36. The third-order valence-corrected chi connectivity index (χ3v) is 4.83. The zero-order valence-electron chi connectivity index (χ0n) is 13.2. The van der Waals surface area contributed by atoms with E-state index in [-0.39, 0.29) is 5.91 Å². The van der Waals surface area contributed by atoms with Crippen molar-refractivity contribution in [2.75, 3.05) is 19.1 Å². The second-order valence-corrected chi connectivity index (χ2v) is 6.64. The minimum absolute atomic E-state index is 0.138. The Balaban J connectivity index is 1.98. The minimum atomic E-state index is -0.138. The summed E-state index contributed by atoms with van der Waals surface area (Å²) in [5, 5.41) is 0. The number of hydrogen-bond donors (Lipinski definition) is 0. The summed E-state index contributed by atoms with van der Waals surface area (Å²) in [6.45, 7) is 0. The van der Waals surface area contributed by atoms with Crippen LogP contribution in [0.3, 0.4) is 0 Å². The van der Waals surface area contributed by atoms with Gasteiger partial charge in [0.15, 0.2) is 4.32 Å². The number of nitrogens with zero attached hydrogens (tertiary/aromatic N) is 1. The van der Waals surface area contributed by atoms with E-state index < -0.39 is 0 Å². The lowest BCUT2D eigenvalue weighted by Crippen LogP contribution is -2.27. The number of thiocarbonyl (C=S) groups is 1. The summed E-state index contributed by atoms with van der Waals surface area (Å²) >= 11 is 6.65. The summed E-state index contributed by atoms with van der Waals surface area (Å²) in [5.74, 6) is 1.22. The van der Waals surface area contributed by atoms with Crippen LogP contribution in [0, 0.1) is 0 Å². The Morgan fingerprint density at radius 3 is 2.50 bits per heavy atom. The normalized spacial score (nSPS) is 15.9. The van der Waals surface area contributed by atoms with E-state index >= 15 is 0 Å². The lowest BCUT2D eigenvalue weighted by Gasteiger charge is -2.13. The molecule has 0 saturated carbocycles. The quantitative estimate of drug-likeness (QED) is 0.608. The predicted molar refractivity (Wildman–Crippen MR) is 102 cm³/mol. The smallest absolute Gasteiger partial charge is 0.270 e. The molecule has 6 heteroatoms. The summed E-state index contributed by atoms with van der Waals surface area (Å²) in [4.78, 5) is 14.8. The number of benzene rings is 2. The van der Waals surface area contributed by atoms with Gasteiger partial charge in [-0.3, -0.25) is 9.69 Å². The molecule has 1 aliphatic heterocycles. The second-order valence-electron chi connectivity index (χ2n) is 4.96. The zero-order chi connectivity index (χ0) is 17.1. The molecule has 0 aromatic heterocycles. The van der Waals surface area contributed by atoms with Crippen molar-refractivity contribution >= 4 is 46.0 Å². The summed E-state index contributed by atoms with van der Waals surface area (Å²) in [6.07, 6.45) is 1.78. The van der Waals surface area contributed by atoms with Crippen molar-refractivity contribution in [3.8, 4) is 11.5 Å². The Labute approximate surface area is 150 Å². The van der Waals surface area contributed by atoms with Gasteiger partial charge in [-0.2, -0.15) is 0 Å². The van der Waals surface area contributed by atoms with Crippen LogP contribution >= 0.6 is 24.0 Å². The van der Waals surface area contributed by atoms with Gasteiger partial charge >= 0.3 is 0 Å². The fraction of sp³-hybridized carbons (Fsp3) is 0.111. The van der Waals surface area contributed by atoms with Crippen LogP contribution in [-0.2, 0) is 4.79 Å². The van der Waals surface area contributed by atoms with Gasteiger partial charge in [0.1, 0.15) is 11.5 Å². The van der Waals surface area contributed by atoms with Crippen molar-refractivity contribution < 1.29 is 14.3 Å². The summed E-state index contributed by atoms with van der Waals surface area (Å²) in [7, 11) is 3.19. The standard InChI is InChI=1S/C18H15NO3S2/c1-21-14-8-9-15(22-2)12(10-14)11-16-17(20)19(18(23)24-16)13-6-4-3-5-7-13/h3-11H,1-2H3/b16-11+. The van der Waals surface area contributed by atoms with Crippen molar-refractivity contribution in [2.45, 2.75) is 0 Å². The van der Waals surface area contributed by atoms with E-state index in [1.807, 2.05) is 48.5 Å². The molecule has 1 heterocycles. The first-order chi connectivity index (χ1) is 11.6. The molecule has 2 aromatic rings. The third-order valence-electron chi connectivity index (χ3n) is 3.53. The van der Waals surface area contributed by atoms with E-state index in [0.717, 1.165) is 11.3 Å². The van der Waals surface area contributed by atoms with Crippen LogP contribution in [-0.4, -0.2) is 24.4 Å². The Hall–Kier alpha value is -2.31. The number of carbonyl (C=O) groups excluding carboxylic acids is 1. The minimum Gasteiger partial charge on any atom is -0.497 e. The predicted octanol–water partition coefficient (Wildman–Crippen LogP) is 4.11. The molecule has 0 N–H and O–H groups in total. The van der Waals surface area contributed by atoms with Crippen LogP contribution in [0.2, 0.25) is 0 Å². The molecule has 0 radical (unpaired) electrons. The van der Waals surface area contributed by atoms with Gasteiger partial charge in [0.05, 0.1) is 24.8 Å². The molecule has 1 fully saturated rings. The first-order valence-corrected chi connectivity index (χ1v) is 8.41. The van der Waals surface area contributed by atoms with Gasteiger partial charge in [-0.15, -0.1) is 0 Å². The molecule has 1 saturated heterocycles. The number of methoxy groups -OCH3 is 2. The molecule has 0 aliphatic carbocycles. The highest BCUT2D eigenvalue weighted by molar-refractivity contribution is 8.27. The van der Waals surface area contributed by atoms with Gasteiger partial charge < -0.3 is 9.47 Å². The maximum absolute atomic E-state index is 12.8. The highest BCUT2D eigenvalue weighted by Crippen LogP contribution is 2.37. The molecule has 1 aliphatic rings. The van der Waals surface area contributed by atoms with E-state index in [9.17, 15) is 4.79 Å². The van der Waals surface area contributed by atoms with Gasteiger partial charge in [0.25, 0.3) is 5.91 Å². The lowest BCUT2D eigenvalue weighted by atomic mass is 10.1. The number of anilines is 1. The van der Waals surface area contributed by atoms with Gasteiger partial charge in [-0.25, -0.2) is 0 Å². The number of para-hydroxylation sites is 1. The second kappa shape index (κ2) is 7.07. The Morgan fingerprint density at radius 1 is 1.08 bits per heavy atom. The average Bonchev–Trinajstić information content (AvgIpc) is 2.89. The van der Waals surface area contributed by atoms with Crippen LogP contribution in [0.5, 0.6) is 11.5 Å². The number of rotatable bonds is 4. The molecule has 0 bridgehead atoms. The highest BCUT2D eigenvalue weighted by Gasteiger charge is 2.33. The van der Waals surface area contributed by atoms with E-state index in [1.165, 1.54) is 11.8 Å². The SMILES string of the molecule is COc1ccc(OC)c(/C=C2/SC(=S)N(c3ccccc3)C2=O)c1. The van der Waals surface area contributed by atoms with Crippen molar-refractivity contribution in [1.82, 2.24) is 0 Å². The van der Waals surface area contributed by atoms with Crippen molar-refractivity contribution in [3.63, 3.8) is 0 Å².